The summed E-state index contributed by atoms with van der Waals surface area (Å²) in [4.78, 5) is 27.8. The minimum Gasteiger partial charge on any atom is -0.407 e. The molecule has 0 aliphatic carbocycles. The molecule has 9 nitrogen and oxygen atoms in total. The van der Waals surface area contributed by atoms with Crippen LogP contribution in [0.5, 0.6) is 0 Å². The standard InChI is InChI=1S/C24H33F3N4O5SSi/c1-14(2)38(15(3)4,16(5)6)36-13-21(32)30-31-23(33)22-20(28)11-19(12-29-22)37(34,35)18-9-7-17(8-10-18)24(25,26)27/h7-12,14-16H,13,28H2,1-6H3,(H,30,32)(H,31,33). The number of hydrogen-bond acceptors (Lipinski definition) is 7. The third kappa shape index (κ3) is 6.72. The average molecular weight is 575 g/mol. The van der Waals surface area contributed by atoms with Crippen molar-refractivity contribution in [3.63, 3.8) is 0 Å². The zero-order valence-electron chi connectivity index (χ0n) is 22.0. The van der Waals surface area contributed by atoms with E-state index in [1.807, 2.05) is 0 Å². The molecule has 210 valence electrons. The molecule has 0 spiro atoms. The predicted octanol–water partition coefficient (Wildman–Crippen LogP) is 4.47. The molecule has 0 unspecified atom stereocenters. The number of benzene rings is 1. The summed E-state index contributed by atoms with van der Waals surface area (Å²) in [6.07, 6.45) is -3.76. The van der Waals surface area contributed by atoms with Crippen molar-refractivity contribution < 1.29 is 35.6 Å². The zero-order valence-corrected chi connectivity index (χ0v) is 23.8. The molecule has 2 rings (SSSR count). The maximum atomic E-state index is 12.8. The highest BCUT2D eigenvalue weighted by Crippen LogP contribution is 2.42. The molecular formula is C24H33F3N4O5SSi. The van der Waals surface area contributed by atoms with Crippen LogP contribution in [0.25, 0.3) is 0 Å². The Morgan fingerprint density at radius 3 is 1.95 bits per heavy atom. The number of anilines is 1. The molecule has 0 fully saturated rings. The molecule has 1 heterocycles. The van der Waals surface area contributed by atoms with Crippen molar-refractivity contribution in [1.82, 2.24) is 15.8 Å². The number of pyridine rings is 1. The van der Waals surface area contributed by atoms with Crippen LogP contribution in [0.3, 0.4) is 0 Å². The number of amides is 2. The number of alkyl halides is 3. The van der Waals surface area contributed by atoms with Gasteiger partial charge >= 0.3 is 6.18 Å². The van der Waals surface area contributed by atoms with Crippen molar-refractivity contribution >= 4 is 35.7 Å². The second-order valence-electron chi connectivity index (χ2n) is 9.74. The smallest absolute Gasteiger partial charge is 0.407 e. The normalized spacial score (nSPS) is 12.7. The van der Waals surface area contributed by atoms with E-state index in [1.54, 1.807) is 0 Å². The summed E-state index contributed by atoms with van der Waals surface area (Å²) < 4.78 is 70.1. The zero-order chi connectivity index (χ0) is 29.1. The van der Waals surface area contributed by atoms with Gasteiger partial charge in [0.25, 0.3) is 11.8 Å². The second-order valence-corrected chi connectivity index (χ2v) is 17.2. The van der Waals surface area contributed by atoms with Crippen LogP contribution in [-0.4, -0.2) is 40.1 Å². The maximum Gasteiger partial charge on any atom is 0.416 e. The first-order valence-electron chi connectivity index (χ1n) is 11.9. The molecule has 4 N–H and O–H groups in total. The molecule has 0 atom stereocenters. The van der Waals surface area contributed by atoms with Gasteiger partial charge in [-0.3, -0.25) is 20.4 Å². The molecule has 0 radical (unpaired) electrons. The van der Waals surface area contributed by atoms with E-state index in [2.05, 4.69) is 57.4 Å². The van der Waals surface area contributed by atoms with Crippen LogP contribution in [0.4, 0.5) is 18.9 Å². The minimum absolute atomic E-state index is 0.256. The number of carbonyl (C=O) groups is 2. The van der Waals surface area contributed by atoms with Crippen molar-refractivity contribution in [3.8, 4) is 0 Å². The van der Waals surface area contributed by atoms with Gasteiger partial charge in [0.05, 0.1) is 21.0 Å². The highest BCUT2D eigenvalue weighted by atomic mass is 32.2. The van der Waals surface area contributed by atoms with E-state index >= 15 is 0 Å². The average Bonchev–Trinajstić information content (AvgIpc) is 2.81. The Morgan fingerprint density at radius 2 is 1.50 bits per heavy atom. The number of rotatable bonds is 9. The Bertz CT molecular complexity index is 1250. The lowest BCUT2D eigenvalue weighted by Gasteiger charge is -2.41. The molecule has 0 bridgehead atoms. The van der Waals surface area contributed by atoms with E-state index in [0.717, 1.165) is 24.4 Å². The van der Waals surface area contributed by atoms with Crippen molar-refractivity contribution in [2.45, 2.75) is 74.1 Å². The molecule has 0 aliphatic heterocycles. The van der Waals surface area contributed by atoms with E-state index < -0.39 is 51.5 Å². The third-order valence-electron chi connectivity index (χ3n) is 6.39. The van der Waals surface area contributed by atoms with E-state index in [9.17, 15) is 31.2 Å². The molecule has 1 aromatic heterocycles. The molecule has 2 amide bonds. The fraction of sp³-hybridized carbons (Fsp3) is 0.458. The van der Waals surface area contributed by atoms with E-state index in [1.165, 1.54) is 0 Å². The highest BCUT2D eigenvalue weighted by molar-refractivity contribution is 7.91. The first-order chi connectivity index (χ1) is 17.4. The van der Waals surface area contributed by atoms with Crippen molar-refractivity contribution in [3.05, 3.63) is 47.8 Å². The molecule has 2 aromatic rings. The first kappa shape index (κ1) is 31.2. The van der Waals surface area contributed by atoms with Crippen LogP contribution in [0.1, 0.15) is 57.6 Å². The van der Waals surface area contributed by atoms with Crippen molar-refractivity contribution in [1.29, 1.82) is 0 Å². The number of carbonyl (C=O) groups excluding carboxylic acids is 2. The molecule has 38 heavy (non-hydrogen) atoms. The number of aromatic nitrogens is 1. The Morgan fingerprint density at radius 1 is 0.974 bits per heavy atom. The number of hydrazine groups is 1. The van der Waals surface area contributed by atoms with Crippen LogP contribution in [0.2, 0.25) is 16.6 Å². The van der Waals surface area contributed by atoms with Gasteiger partial charge in [-0.1, -0.05) is 41.5 Å². The molecular weight excluding hydrogens is 541 g/mol. The Kier molecular flexibility index (Phi) is 9.72. The molecule has 0 saturated heterocycles. The summed E-state index contributed by atoms with van der Waals surface area (Å²) in [6, 6.07) is 3.90. The number of nitrogens with two attached hydrogens (primary N) is 1. The van der Waals surface area contributed by atoms with E-state index in [0.29, 0.717) is 12.1 Å². The number of nitrogens with one attached hydrogen (secondary N) is 2. The van der Waals surface area contributed by atoms with Crippen LogP contribution < -0.4 is 16.6 Å². The van der Waals surface area contributed by atoms with Crippen LogP contribution in [-0.2, 0) is 25.2 Å². The summed E-state index contributed by atoms with van der Waals surface area (Å²) >= 11 is 0. The Balaban J connectivity index is 2.10. The van der Waals surface area contributed by atoms with Gasteiger partial charge in [-0.15, -0.1) is 0 Å². The number of halogens is 3. The van der Waals surface area contributed by atoms with Gasteiger partial charge in [0.1, 0.15) is 6.61 Å². The van der Waals surface area contributed by atoms with Crippen LogP contribution in [0.15, 0.2) is 46.3 Å². The summed E-state index contributed by atoms with van der Waals surface area (Å²) in [5, 5.41) is 0. The first-order valence-corrected chi connectivity index (χ1v) is 15.5. The maximum absolute atomic E-state index is 12.8. The minimum atomic E-state index is -4.62. The van der Waals surface area contributed by atoms with Gasteiger partial charge < -0.3 is 10.2 Å². The van der Waals surface area contributed by atoms with Crippen molar-refractivity contribution in [2.75, 3.05) is 12.3 Å². The van der Waals surface area contributed by atoms with Gasteiger partial charge in [-0.05, 0) is 47.0 Å². The monoisotopic (exact) mass is 574 g/mol. The third-order valence-corrected chi connectivity index (χ3v) is 14.2. The summed E-state index contributed by atoms with van der Waals surface area (Å²) in [5.41, 5.74) is 9.34. The lowest BCUT2D eigenvalue weighted by atomic mass is 10.2. The van der Waals surface area contributed by atoms with Gasteiger partial charge in [0.2, 0.25) is 18.2 Å². The van der Waals surface area contributed by atoms with Gasteiger partial charge in [0.15, 0.2) is 5.69 Å². The van der Waals surface area contributed by atoms with Crippen LogP contribution in [0, 0.1) is 0 Å². The van der Waals surface area contributed by atoms with Crippen molar-refractivity contribution in [2.24, 2.45) is 0 Å². The second kappa shape index (κ2) is 11.8. The summed E-state index contributed by atoms with van der Waals surface area (Å²) in [6.45, 7) is 12.2. The molecule has 0 saturated carbocycles. The predicted molar refractivity (Wildman–Crippen MR) is 138 cm³/mol. The van der Waals surface area contributed by atoms with Gasteiger partial charge in [-0.25, -0.2) is 13.4 Å². The molecule has 0 aliphatic rings. The number of hydrogen-bond donors (Lipinski definition) is 3. The summed E-state index contributed by atoms with van der Waals surface area (Å²) in [7, 11) is -6.56. The fourth-order valence-corrected chi connectivity index (χ4v) is 11.3. The molecule has 1 aromatic carbocycles. The quantitative estimate of drug-likeness (QED) is 0.297. The lowest BCUT2D eigenvalue weighted by Crippen LogP contribution is -2.51. The largest absolute Gasteiger partial charge is 0.416 e. The summed E-state index contributed by atoms with van der Waals surface area (Å²) in [5.74, 6) is -1.48. The lowest BCUT2D eigenvalue weighted by molar-refractivity contribution is -0.137. The fourth-order valence-electron chi connectivity index (χ4n) is 4.67. The van der Waals surface area contributed by atoms with E-state index in [4.69, 9.17) is 10.2 Å². The Labute approximate surface area is 221 Å². The number of nitrogens with zero attached hydrogens (tertiary/aromatic N) is 1. The topological polar surface area (TPSA) is 140 Å². The molecule has 14 heteroatoms. The highest BCUT2D eigenvalue weighted by Gasteiger charge is 2.45. The van der Waals surface area contributed by atoms with Gasteiger partial charge in [-0.2, -0.15) is 13.2 Å². The van der Waals surface area contributed by atoms with Crippen LogP contribution >= 0.6 is 0 Å². The Hall–Kier alpha value is -2.97. The number of nitrogen functional groups attached to an aromatic ring is 1. The van der Waals surface area contributed by atoms with Gasteiger partial charge in [0, 0.05) is 6.20 Å². The number of sulfone groups is 1. The SMILES string of the molecule is CC(C)[Si](OCC(=O)NNC(=O)c1ncc(S(=O)(=O)c2ccc(C(F)(F)F)cc2)cc1N)(C(C)C)C(C)C. The van der Waals surface area contributed by atoms with E-state index in [-0.39, 0.29) is 34.6 Å².